The fraction of sp³-hybridized carbons (Fsp3) is 0.818. The summed E-state index contributed by atoms with van der Waals surface area (Å²) in [5.41, 5.74) is 0. The molecule has 0 saturated heterocycles. The number of hydrogen-bond donors (Lipinski definition) is 3. The molecule has 0 aliphatic heterocycles. The van der Waals surface area contributed by atoms with Crippen molar-refractivity contribution in [3.8, 4) is 0 Å². The van der Waals surface area contributed by atoms with Gasteiger partial charge in [-0.15, -0.1) is 0 Å². The van der Waals surface area contributed by atoms with Crippen LogP contribution in [0.25, 0.3) is 0 Å². The monoisotopic (exact) mass is 246 g/mol. The molecule has 0 saturated carbocycles. The van der Waals surface area contributed by atoms with Crippen LogP contribution in [0.4, 0.5) is 4.79 Å². The zero-order chi connectivity index (χ0) is 13.6. The summed E-state index contributed by atoms with van der Waals surface area (Å²) >= 11 is 0. The van der Waals surface area contributed by atoms with Gasteiger partial charge in [-0.3, -0.25) is 0 Å². The minimum absolute atomic E-state index is 0.0680. The summed E-state index contributed by atoms with van der Waals surface area (Å²) in [4.78, 5) is 24.0. The summed E-state index contributed by atoms with van der Waals surface area (Å²) in [5, 5.41) is 20.4. The summed E-state index contributed by atoms with van der Waals surface area (Å²) in [6, 6.07) is -1.69. The van der Waals surface area contributed by atoms with E-state index in [2.05, 4.69) is 5.32 Å². The molecule has 0 aliphatic carbocycles. The SMILES string of the molecule is CCC(CC)N(C)C(=O)N[C@H](C(=O)O)[C@@H](C)O. The van der Waals surface area contributed by atoms with Crippen LogP contribution < -0.4 is 5.32 Å². The molecule has 0 aliphatic rings. The van der Waals surface area contributed by atoms with Gasteiger partial charge in [-0.05, 0) is 19.8 Å². The van der Waals surface area contributed by atoms with Gasteiger partial charge in [-0.1, -0.05) is 13.8 Å². The van der Waals surface area contributed by atoms with E-state index < -0.39 is 24.1 Å². The van der Waals surface area contributed by atoms with Crippen molar-refractivity contribution >= 4 is 12.0 Å². The number of rotatable bonds is 6. The molecule has 0 unspecified atom stereocenters. The van der Waals surface area contributed by atoms with E-state index in [1.54, 1.807) is 7.05 Å². The van der Waals surface area contributed by atoms with Crippen LogP contribution in [0.2, 0.25) is 0 Å². The lowest BCUT2D eigenvalue weighted by Crippen LogP contribution is -2.53. The molecule has 0 spiro atoms. The second kappa shape index (κ2) is 7.11. The van der Waals surface area contributed by atoms with Crippen molar-refractivity contribution in [2.24, 2.45) is 0 Å². The first-order valence-corrected chi connectivity index (χ1v) is 5.79. The summed E-state index contributed by atoms with van der Waals surface area (Å²) in [5.74, 6) is -1.24. The van der Waals surface area contributed by atoms with Crippen LogP contribution in [0, 0.1) is 0 Å². The summed E-state index contributed by atoms with van der Waals surface area (Å²) in [7, 11) is 1.62. The summed E-state index contributed by atoms with van der Waals surface area (Å²) in [6.45, 7) is 5.25. The van der Waals surface area contributed by atoms with E-state index in [-0.39, 0.29) is 6.04 Å². The highest BCUT2D eigenvalue weighted by Gasteiger charge is 2.27. The molecule has 0 aromatic rings. The van der Waals surface area contributed by atoms with Gasteiger partial charge in [0.15, 0.2) is 6.04 Å². The second-order valence-corrected chi connectivity index (χ2v) is 4.09. The Morgan fingerprint density at radius 2 is 1.76 bits per heavy atom. The van der Waals surface area contributed by atoms with E-state index in [1.165, 1.54) is 11.8 Å². The normalized spacial score (nSPS) is 14.2. The van der Waals surface area contributed by atoms with Crippen molar-refractivity contribution in [3.05, 3.63) is 0 Å². The molecule has 17 heavy (non-hydrogen) atoms. The maximum atomic E-state index is 11.8. The van der Waals surface area contributed by atoms with Gasteiger partial charge in [-0.2, -0.15) is 0 Å². The molecular formula is C11H22N2O4. The third-order valence-electron chi connectivity index (χ3n) is 2.84. The van der Waals surface area contributed by atoms with E-state index in [0.29, 0.717) is 0 Å². The van der Waals surface area contributed by atoms with Crippen molar-refractivity contribution in [2.75, 3.05) is 7.05 Å². The zero-order valence-corrected chi connectivity index (χ0v) is 10.8. The fourth-order valence-electron chi connectivity index (χ4n) is 1.63. The maximum Gasteiger partial charge on any atom is 0.328 e. The number of aliphatic carboxylic acids is 1. The van der Waals surface area contributed by atoms with E-state index in [9.17, 15) is 14.7 Å². The van der Waals surface area contributed by atoms with E-state index in [4.69, 9.17) is 5.11 Å². The first-order valence-electron chi connectivity index (χ1n) is 5.79. The number of hydrogen-bond acceptors (Lipinski definition) is 3. The van der Waals surface area contributed by atoms with Crippen LogP contribution in [0.15, 0.2) is 0 Å². The van der Waals surface area contributed by atoms with Gasteiger partial charge in [0.2, 0.25) is 0 Å². The molecular weight excluding hydrogens is 224 g/mol. The quantitative estimate of drug-likeness (QED) is 0.642. The van der Waals surface area contributed by atoms with Crippen molar-refractivity contribution < 1.29 is 19.8 Å². The molecule has 3 N–H and O–H groups in total. The van der Waals surface area contributed by atoms with Gasteiger partial charge in [0.25, 0.3) is 0 Å². The van der Waals surface area contributed by atoms with Crippen LogP contribution in [0.5, 0.6) is 0 Å². The van der Waals surface area contributed by atoms with E-state index >= 15 is 0 Å². The number of amides is 2. The zero-order valence-electron chi connectivity index (χ0n) is 10.8. The van der Waals surface area contributed by atoms with Gasteiger partial charge in [0, 0.05) is 13.1 Å². The highest BCUT2D eigenvalue weighted by atomic mass is 16.4. The number of carboxylic acids is 1. The average molecular weight is 246 g/mol. The first kappa shape index (κ1) is 15.7. The number of aliphatic hydroxyl groups excluding tert-OH is 1. The maximum absolute atomic E-state index is 11.8. The predicted octanol–water partition coefficient (Wildman–Crippen LogP) is 0.650. The van der Waals surface area contributed by atoms with Crippen molar-refractivity contribution in [3.63, 3.8) is 0 Å². The third kappa shape index (κ3) is 4.60. The highest BCUT2D eigenvalue weighted by molar-refractivity contribution is 5.83. The summed E-state index contributed by atoms with van der Waals surface area (Å²) < 4.78 is 0. The number of carboxylic acid groups (broad SMARTS) is 1. The Kier molecular flexibility index (Phi) is 6.57. The molecule has 0 aromatic heterocycles. The van der Waals surface area contributed by atoms with Crippen LogP contribution in [-0.2, 0) is 4.79 Å². The standard InChI is InChI=1S/C11H22N2O4/c1-5-8(6-2)13(4)11(17)12-9(7(3)14)10(15)16/h7-9,14H,5-6H2,1-4H3,(H,12,17)(H,15,16)/t7-,9+/m1/s1. The summed E-state index contributed by atoms with van der Waals surface area (Å²) in [6.07, 6.45) is 0.464. The fourth-order valence-corrected chi connectivity index (χ4v) is 1.63. The predicted molar refractivity (Wildman–Crippen MR) is 63.8 cm³/mol. The number of carbonyl (C=O) groups is 2. The molecule has 0 rings (SSSR count). The van der Waals surface area contributed by atoms with Crippen LogP contribution >= 0.6 is 0 Å². The minimum Gasteiger partial charge on any atom is -0.480 e. The van der Waals surface area contributed by atoms with Gasteiger partial charge >= 0.3 is 12.0 Å². The van der Waals surface area contributed by atoms with Crippen molar-refractivity contribution in [1.82, 2.24) is 10.2 Å². The molecule has 0 aromatic carbocycles. The Morgan fingerprint density at radius 1 is 1.29 bits per heavy atom. The lowest BCUT2D eigenvalue weighted by atomic mass is 10.1. The Bertz CT molecular complexity index is 264. The average Bonchev–Trinajstić information content (AvgIpc) is 2.25. The molecule has 0 heterocycles. The molecule has 0 bridgehead atoms. The van der Waals surface area contributed by atoms with Crippen molar-refractivity contribution in [2.45, 2.75) is 51.8 Å². The lowest BCUT2D eigenvalue weighted by Gasteiger charge is -2.28. The molecule has 0 radical (unpaired) electrons. The van der Waals surface area contributed by atoms with Crippen LogP contribution in [-0.4, -0.2) is 52.3 Å². The van der Waals surface area contributed by atoms with Gasteiger partial charge < -0.3 is 20.4 Å². The highest BCUT2D eigenvalue weighted by Crippen LogP contribution is 2.06. The minimum atomic E-state index is -1.28. The second-order valence-electron chi connectivity index (χ2n) is 4.09. The van der Waals surface area contributed by atoms with Crippen LogP contribution in [0.3, 0.4) is 0 Å². The molecule has 6 heteroatoms. The van der Waals surface area contributed by atoms with Crippen LogP contribution in [0.1, 0.15) is 33.6 Å². The van der Waals surface area contributed by atoms with Gasteiger partial charge in [0.05, 0.1) is 6.10 Å². The lowest BCUT2D eigenvalue weighted by molar-refractivity contribution is -0.141. The third-order valence-corrected chi connectivity index (χ3v) is 2.84. The number of nitrogens with one attached hydrogen (secondary N) is 1. The number of urea groups is 1. The van der Waals surface area contributed by atoms with Gasteiger partial charge in [0.1, 0.15) is 0 Å². The molecule has 0 fully saturated rings. The Labute approximate surface area is 102 Å². The molecule has 2 amide bonds. The first-order chi connectivity index (χ1) is 7.84. The molecule has 2 atom stereocenters. The Hall–Kier alpha value is -1.30. The van der Waals surface area contributed by atoms with Gasteiger partial charge in [-0.25, -0.2) is 9.59 Å². The number of carbonyl (C=O) groups excluding carboxylic acids is 1. The Morgan fingerprint density at radius 3 is 2.06 bits per heavy atom. The van der Waals surface area contributed by atoms with E-state index in [0.717, 1.165) is 12.8 Å². The smallest absolute Gasteiger partial charge is 0.328 e. The number of nitrogens with zero attached hydrogens (tertiary/aromatic N) is 1. The van der Waals surface area contributed by atoms with E-state index in [1.807, 2.05) is 13.8 Å². The Balaban J connectivity index is 4.55. The largest absolute Gasteiger partial charge is 0.480 e. The van der Waals surface area contributed by atoms with Crippen molar-refractivity contribution in [1.29, 1.82) is 0 Å². The molecule has 6 nitrogen and oxygen atoms in total. The number of aliphatic hydroxyl groups is 1. The topological polar surface area (TPSA) is 89.9 Å². The molecule has 100 valence electrons.